The number of likely N-dealkylation sites (N-methyl/N-ethyl adjacent to an activating group) is 1. The Labute approximate surface area is 272 Å². The van der Waals surface area contributed by atoms with Gasteiger partial charge in [0.1, 0.15) is 11.0 Å². The Morgan fingerprint density at radius 3 is 2.04 bits per heavy atom. The van der Waals surface area contributed by atoms with Crippen LogP contribution in [0, 0.1) is 5.92 Å². The molecule has 0 aromatic heterocycles. The van der Waals surface area contributed by atoms with Crippen molar-refractivity contribution in [3.05, 3.63) is 96.1 Å². The van der Waals surface area contributed by atoms with Crippen LogP contribution < -0.4 is 0 Å². The highest BCUT2D eigenvalue weighted by atomic mass is 32.2. The van der Waals surface area contributed by atoms with Gasteiger partial charge in [0.15, 0.2) is 9.84 Å². The minimum Gasteiger partial charge on any atom is -0.340 e. The van der Waals surface area contributed by atoms with E-state index in [1.54, 1.807) is 24.3 Å². The fourth-order valence-corrected chi connectivity index (χ4v) is 8.91. The molecule has 0 aliphatic carbocycles. The van der Waals surface area contributed by atoms with E-state index >= 15 is 0 Å². The minimum absolute atomic E-state index is 0.103. The summed E-state index contributed by atoms with van der Waals surface area (Å²) in [4.78, 5) is 19.0. The number of nitrogens with zero attached hydrogens (tertiary/aromatic N) is 3. The second kappa shape index (κ2) is 15.6. The van der Waals surface area contributed by atoms with Crippen LogP contribution in [0.2, 0.25) is 0 Å². The van der Waals surface area contributed by atoms with Crippen molar-refractivity contribution in [2.24, 2.45) is 5.92 Å². The number of piperidine rings is 2. The molecule has 9 heteroatoms. The summed E-state index contributed by atoms with van der Waals surface area (Å²) >= 11 is 0. The summed E-state index contributed by atoms with van der Waals surface area (Å²) in [5.74, 6) is 1.14. The van der Waals surface area contributed by atoms with Gasteiger partial charge in [0.05, 0.1) is 16.2 Å². The summed E-state index contributed by atoms with van der Waals surface area (Å²) in [5.41, 5.74) is 2.25. The van der Waals surface area contributed by atoms with E-state index in [1.807, 2.05) is 42.2 Å². The number of benzene rings is 3. The third-order valence-electron chi connectivity index (χ3n) is 9.60. The third kappa shape index (κ3) is 8.91. The SMILES string of the molecule is CCN(C(=O)Cc1ccc(S(C)(=O)=O)cc1)C1CCN(CCC(c2ccccc2)C2CCN(S(=O)c3ccccc3)CC2)CC1. The molecule has 45 heavy (non-hydrogen) atoms. The van der Waals surface area contributed by atoms with Crippen LogP contribution in [0.15, 0.2) is 94.7 Å². The molecule has 3 aromatic carbocycles. The topological polar surface area (TPSA) is 78.0 Å². The Balaban J connectivity index is 1.13. The zero-order chi connectivity index (χ0) is 31.8. The van der Waals surface area contributed by atoms with Crippen molar-refractivity contribution >= 4 is 26.7 Å². The highest BCUT2D eigenvalue weighted by Gasteiger charge is 2.32. The van der Waals surface area contributed by atoms with Crippen LogP contribution in [0.5, 0.6) is 0 Å². The molecule has 2 aliphatic heterocycles. The van der Waals surface area contributed by atoms with Gasteiger partial charge in [0, 0.05) is 45.0 Å². The molecule has 1 amide bonds. The minimum atomic E-state index is -3.25. The van der Waals surface area contributed by atoms with Crippen molar-refractivity contribution in [2.45, 2.75) is 67.2 Å². The van der Waals surface area contributed by atoms with Gasteiger partial charge in [-0.05, 0) is 92.8 Å². The average molecular weight is 650 g/mol. The predicted octanol–water partition coefficient (Wildman–Crippen LogP) is 5.55. The van der Waals surface area contributed by atoms with Gasteiger partial charge in [0.25, 0.3) is 0 Å². The van der Waals surface area contributed by atoms with Gasteiger partial charge in [-0.25, -0.2) is 16.9 Å². The number of likely N-dealkylation sites (tertiary alicyclic amines) is 1. The van der Waals surface area contributed by atoms with Crippen LogP contribution in [0.4, 0.5) is 0 Å². The summed E-state index contributed by atoms with van der Waals surface area (Å²) in [6.07, 6.45) is 6.60. The Bertz CT molecular complexity index is 1500. The number of hydrogen-bond acceptors (Lipinski definition) is 5. The molecular weight excluding hydrogens is 603 g/mol. The average Bonchev–Trinajstić information content (AvgIpc) is 3.06. The lowest BCUT2D eigenvalue weighted by atomic mass is 9.78. The molecule has 3 aromatic rings. The third-order valence-corrected chi connectivity index (χ3v) is 12.2. The maximum atomic E-state index is 13.3. The highest BCUT2D eigenvalue weighted by molar-refractivity contribution is 7.90. The van der Waals surface area contributed by atoms with E-state index in [-0.39, 0.29) is 23.3 Å². The number of sulfone groups is 1. The van der Waals surface area contributed by atoms with Gasteiger partial charge in [-0.3, -0.25) is 4.79 Å². The molecule has 2 saturated heterocycles. The second-order valence-electron chi connectivity index (χ2n) is 12.5. The maximum Gasteiger partial charge on any atom is 0.227 e. The molecule has 0 radical (unpaired) electrons. The number of carbonyl (C=O) groups is 1. The molecule has 0 bridgehead atoms. The molecule has 0 N–H and O–H groups in total. The van der Waals surface area contributed by atoms with Crippen LogP contribution in [0.3, 0.4) is 0 Å². The van der Waals surface area contributed by atoms with E-state index in [9.17, 15) is 17.4 Å². The maximum absolute atomic E-state index is 13.3. The lowest BCUT2D eigenvalue weighted by molar-refractivity contribution is -0.133. The fraction of sp³-hybridized carbons (Fsp3) is 0.472. The first kappa shape index (κ1) is 33.5. The van der Waals surface area contributed by atoms with Gasteiger partial charge in [-0.15, -0.1) is 0 Å². The van der Waals surface area contributed by atoms with Crippen LogP contribution in [-0.4, -0.2) is 84.2 Å². The first-order valence-corrected chi connectivity index (χ1v) is 19.3. The van der Waals surface area contributed by atoms with Crippen LogP contribution in [0.1, 0.15) is 56.1 Å². The normalized spacial score (nSPS) is 18.8. The Morgan fingerprint density at radius 2 is 1.47 bits per heavy atom. The van der Waals surface area contributed by atoms with Crippen molar-refractivity contribution in [2.75, 3.05) is 45.5 Å². The quantitative estimate of drug-likeness (QED) is 0.257. The molecule has 2 aliphatic rings. The van der Waals surface area contributed by atoms with E-state index < -0.39 is 20.8 Å². The van der Waals surface area contributed by atoms with Crippen molar-refractivity contribution < 1.29 is 17.4 Å². The van der Waals surface area contributed by atoms with Crippen molar-refractivity contribution in [1.29, 1.82) is 0 Å². The molecule has 7 nitrogen and oxygen atoms in total. The molecule has 2 heterocycles. The Hall–Kier alpha value is -2.85. The molecule has 5 rings (SSSR count). The predicted molar refractivity (Wildman–Crippen MR) is 181 cm³/mol. The summed E-state index contributed by atoms with van der Waals surface area (Å²) < 4.78 is 38.8. The number of amides is 1. The lowest BCUT2D eigenvalue weighted by Crippen LogP contribution is -2.48. The van der Waals surface area contributed by atoms with Gasteiger partial charge in [0.2, 0.25) is 5.91 Å². The molecule has 2 unspecified atom stereocenters. The summed E-state index contributed by atoms with van der Waals surface area (Å²) in [5, 5.41) is 0. The monoisotopic (exact) mass is 649 g/mol. The van der Waals surface area contributed by atoms with Crippen molar-refractivity contribution in [3.63, 3.8) is 0 Å². The molecule has 242 valence electrons. The zero-order valence-corrected chi connectivity index (χ0v) is 28.2. The Kier molecular flexibility index (Phi) is 11.6. The zero-order valence-electron chi connectivity index (χ0n) is 26.6. The number of rotatable bonds is 12. The summed E-state index contributed by atoms with van der Waals surface area (Å²) in [6, 6.07) is 27.6. The van der Waals surface area contributed by atoms with Gasteiger partial charge in [-0.2, -0.15) is 0 Å². The smallest absolute Gasteiger partial charge is 0.227 e. The standard InChI is InChI=1S/C36H47N3O4S2/c1-3-39(36(40)28-29-14-16-34(17-15-29)45(2,42)43)32-20-23-37(24-21-32)25-22-35(30-10-6-4-7-11-30)31-18-26-38(27-19-31)44(41)33-12-8-5-9-13-33/h4-17,31-32,35H,3,18-28H2,1-2H3. The summed E-state index contributed by atoms with van der Waals surface area (Å²) in [7, 11) is -4.36. The van der Waals surface area contributed by atoms with E-state index in [2.05, 4.69) is 39.5 Å². The van der Waals surface area contributed by atoms with Gasteiger partial charge < -0.3 is 9.80 Å². The first-order chi connectivity index (χ1) is 21.7. The number of carbonyl (C=O) groups excluding carboxylic acids is 1. The fourth-order valence-electron chi connectivity index (χ4n) is 7.05. The van der Waals surface area contributed by atoms with E-state index in [4.69, 9.17) is 0 Å². The van der Waals surface area contributed by atoms with Crippen molar-refractivity contribution in [1.82, 2.24) is 14.1 Å². The lowest BCUT2D eigenvalue weighted by Gasteiger charge is -2.40. The van der Waals surface area contributed by atoms with Crippen molar-refractivity contribution in [3.8, 4) is 0 Å². The first-order valence-electron chi connectivity index (χ1n) is 16.3. The summed E-state index contributed by atoms with van der Waals surface area (Å²) in [6.45, 7) is 7.42. The molecule has 2 fully saturated rings. The Morgan fingerprint density at radius 1 is 0.867 bits per heavy atom. The largest absolute Gasteiger partial charge is 0.340 e. The highest BCUT2D eigenvalue weighted by Crippen LogP contribution is 2.36. The number of hydrogen-bond donors (Lipinski definition) is 0. The van der Waals surface area contributed by atoms with E-state index in [1.165, 1.54) is 11.8 Å². The van der Waals surface area contributed by atoms with Crippen LogP contribution in [-0.2, 0) is 32.0 Å². The molecule has 0 spiro atoms. The van der Waals surface area contributed by atoms with E-state index in [0.29, 0.717) is 18.4 Å². The molecular formula is C36H47N3O4S2. The molecule has 0 saturated carbocycles. The van der Waals surface area contributed by atoms with E-state index in [0.717, 1.165) is 75.3 Å². The van der Waals surface area contributed by atoms with Crippen LogP contribution in [0.25, 0.3) is 0 Å². The molecule has 2 atom stereocenters. The van der Waals surface area contributed by atoms with Gasteiger partial charge >= 0.3 is 0 Å². The van der Waals surface area contributed by atoms with Crippen LogP contribution >= 0.6 is 0 Å². The van der Waals surface area contributed by atoms with Gasteiger partial charge in [-0.1, -0.05) is 60.7 Å². The second-order valence-corrected chi connectivity index (χ2v) is 16.0.